The molecule has 22 heteroatoms. The first kappa shape index (κ1) is 56.9. The normalized spacial score (nSPS) is 23.6. The molecule has 11 amide bonds. The smallest absolute Gasteiger partial charge is 0.245 e. The van der Waals surface area contributed by atoms with Crippen molar-refractivity contribution in [3.05, 3.63) is 12.2 Å². The van der Waals surface area contributed by atoms with E-state index in [2.05, 4.69) is 21.3 Å². The Labute approximate surface area is 383 Å². The summed E-state index contributed by atoms with van der Waals surface area (Å²) in [6.07, 6.45) is 4.91. The van der Waals surface area contributed by atoms with Gasteiger partial charge in [0.1, 0.15) is 24.2 Å². The number of carbonyl (C=O) groups excluding carboxylic acids is 11. The Balaban J connectivity index is 3.53. The average Bonchev–Trinajstić information content (AvgIpc) is 3.24. The molecule has 1 aliphatic rings. The topological polar surface area (TPSA) is 259 Å². The maximum Gasteiger partial charge on any atom is 0.245 e. The summed E-state index contributed by atoms with van der Waals surface area (Å²) >= 11 is 0. The quantitative estimate of drug-likeness (QED) is 0.196. The van der Waals surface area contributed by atoms with Crippen LogP contribution >= 0.6 is 0 Å². The molecule has 5 atom stereocenters. The highest BCUT2D eigenvalue weighted by atomic mass is 16.2. The zero-order valence-electron chi connectivity index (χ0n) is 40.5. The third-order valence-electron chi connectivity index (χ3n) is 10.9. The van der Waals surface area contributed by atoms with Gasteiger partial charge in [-0.25, -0.2) is 0 Å². The van der Waals surface area contributed by atoms with E-state index >= 15 is 0 Å². The van der Waals surface area contributed by atoms with E-state index in [0.29, 0.717) is 6.42 Å². The Morgan fingerprint density at radius 2 is 1.05 bits per heavy atom. The Bertz CT molecular complexity index is 1770. The Hall–Kier alpha value is -6.09. The van der Waals surface area contributed by atoms with Crippen molar-refractivity contribution in [2.45, 2.75) is 91.4 Å². The largest absolute Gasteiger partial charge is 0.345 e. The molecule has 22 nitrogen and oxygen atoms in total. The van der Waals surface area contributed by atoms with Crippen molar-refractivity contribution >= 4 is 65.0 Å². The minimum absolute atomic E-state index is 0.0785. The second kappa shape index (κ2) is 27.3. The third-order valence-corrected chi connectivity index (χ3v) is 10.9. The molecule has 0 spiro atoms. The summed E-state index contributed by atoms with van der Waals surface area (Å²) in [5, 5.41) is 9.96. The molecule has 0 aromatic rings. The highest BCUT2D eigenvalue weighted by Gasteiger charge is 2.36. The fraction of sp³-hybridized carbons (Fsp3) is 0.698. The van der Waals surface area contributed by atoms with Gasteiger partial charge in [0.25, 0.3) is 0 Å². The van der Waals surface area contributed by atoms with Crippen LogP contribution in [0.5, 0.6) is 0 Å². The van der Waals surface area contributed by atoms with Gasteiger partial charge in [0, 0.05) is 49.3 Å². The van der Waals surface area contributed by atoms with E-state index < -0.39 is 135 Å². The van der Waals surface area contributed by atoms with Crippen LogP contribution in [0.1, 0.15) is 67.2 Å². The molecular formula is C43H73N11O11. The van der Waals surface area contributed by atoms with Crippen LogP contribution in [-0.2, 0) is 52.7 Å². The van der Waals surface area contributed by atoms with Crippen LogP contribution in [0.2, 0.25) is 0 Å². The lowest BCUT2D eigenvalue weighted by Gasteiger charge is -2.34. The average molecular weight is 920 g/mol. The second-order valence-electron chi connectivity index (χ2n) is 17.2. The SMILES string of the molecule is C/C=C/CC(C)CC1C(=O)N[C@@H](CC)C(=O)N(C)CC(=O)N(C)CC(=O)NCC(=O)N(C)CC(=O)NCC(=O)N[C@H](C)C(=O)N(C)[C@@H](CC(C)C)C(=O)N(C)CC(=O)N(C)CC(=O)N1C. The molecular weight excluding hydrogens is 847 g/mol. The molecule has 0 aliphatic carbocycles. The number of hydrogen-bond donors (Lipinski definition) is 4. The molecule has 0 bridgehead atoms. The molecule has 366 valence electrons. The molecule has 65 heavy (non-hydrogen) atoms. The van der Waals surface area contributed by atoms with Crippen molar-refractivity contribution in [3.63, 3.8) is 0 Å². The molecule has 4 N–H and O–H groups in total. The lowest BCUT2D eigenvalue weighted by Crippen LogP contribution is -2.56. The monoisotopic (exact) mass is 920 g/mol. The summed E-state index contributed by atoms with van der Waals surface area (Å²) in [5.41, 5.74) is 0. The predicted molar refractivity (Wildman–Crippen MR) is 240 cm³/mol. The summed E-state index contributed by atoms with van der Waals surface area (Å²) in [5.74, 6) is -7.25. The van der Waals surface area contributed by atoms with Crippen molar-refractivity contribution < 1.29 is 52.7 Å². The molecule has 1 rings (SSSR count). The number of hydrogen-bond acceptors (Lipinski definition) is 11. The Morgan fingerprint density at radius 3 is 1.57 bits per heavy atom. The number of allylic oxidation sites excluding steroid dienone is 2. The predicted octanol–water partition coefficient (Wildman–Crippen LogP) is -2.38. The molecule has 1 heterocycles. The minimum atomic E-state index is -1.14. The number of rotatable bonds is 7. The molecule has 0 aromatic heterocycles. The zero-order valence-corrected chi connectivity index (χ0v) is 40.5. The van der Waals surface area contributed by atoms with E-state index in [-0.39, 0.29) is 31.1 Å². The summed E-state index contributed by atoms with van der Waals surface area (Å²) in [7, 11) is 9.58. The zero-order chi connectivity index (χ0) is 49.9. The maximum atomic E-state index is 14.0. The van der Waals surface area contributed by atoms with Gasteiger partial charge in [-0.15, -0.1) is 0 Å². The van der Waals surface area contributed by atoms with Gasteiger partial charge < -0.3 is 55.6 Å². The molecule has 1 fully saturated rings. The summed E-state index contributed by atoms with van der Waals surface area (Å²) in [4.78, 5) is 154. The van der Waals surface area contributed by atoms with Crippen molar-refractivity contribution in [2.24, 2.45) is 11.8 Å². The fourth-order valence-corrected chi connectivity index (χ4v) is 6.68. The summed E-state index contributed by atoms with van der Waals surface area (Å²) in [6.45, 7) is 7.12. The van der Waals surface area contributed by atoms with Crippen molar-refractivity contribution in [1.29, 1.82) is 0 Å². The van der Waals surface area contributed by atoms with E-state index in [9.17, 15) is 52.7 Å². The molecule has 0 aromatic carbocycles. The molecule has 2 unspecified atom stereocenters. The Morgan fingerprint density at radius 1 is 0.554 bits per heavy atom. The fourth-order valence-electron chi connectivity index (χ4n) is 6.68. The van der Waals surface area contributed by atoms with Gasteiger partial charge in [-0.05, 0) is 51.4 Å². The van der Waals surface area contributed by atoms with Gasteiger partial charge in [0.05, 0.1) is 45.8 Å². The number of likely N-dealkylation sites (N-methyl/N-ethyl adjacent to an activating group) is 7. The lowest BCUT2D eigenvalue weighted by molar-refractivity contribution is -0.149. The van der Waals surface area contributed by atoms with Crippen LogP contribution in [0.15, 0.2) is 12.2 Å². The summed E-state index contributed by atoms with van der Waals surface area (Å²) < 4.78 is 0. The number of amides is 11. The van der Waals surface area contributed by atoms with Gasteiger partial charge in [0.15, 0.2) is 0 Å². The van der Waals surface area contributed by atoms with Crippen LogP contribution < -0.4 is 21.3 Å². The van der Waals surface area contributed by atoms with Crippen LogP contribution in [-0.4, -0.2) is 219 Å². The second-order valence-corrected chi connectivity index (χ2v) is 17.2. The van der Waals surface area contributed by atoms with Crippen molar-refractivity contribution in [1.82, 2.24) is 55.6 Å². The first-order valence-corrected chi connectivity index (χ1v) is 21.7. The van der Waals surface area contributed by atoms with E-state index in [4.69, 9.17) is 0 Å². The molecule has 1 aliphatic heterocycles. The van der Waals surface area contributed by atoms with E-state index in [1.165, 1.54) is 66.1 Å². The van der Waals surface area contributed by atoms with Crippen LogP contribution in [0.25, 0.3) is 0 Å². The van der Waals surface area contributed by atoms with Gasteiger partial charge >= 0.3 is 0 Å². The van der Waals surface area contributed by atoms with E-state index in [1.54, 1.807) is 6.92 Å². The van der Waals surface area contributed by atoms with Crippen molar-refractivity contribution in [3.8, 4) is 0 Å². The standard InChI is InChI=1S/C43H73N11O11/c1-14-16-17-28(5)19-31-40(62)47-30(15-2)42(64)51(10)24-37(59)49(8)23-35(57)45-21-36(58)48(7)22-34(56)44-20-33(55)46-29(6)41(63)54(13)32(18-27(3)4)43(65)52(11)25-38(60)50(9)26-39(61)53(31)12/h14,16,27-32H,15,17-26H2,1-13H3,(H,44,56)(H,45,57)(H,46,55)(H,47,62)/b16-14+/t28?,29-,30+,31?,32+/m1/s1. The van der Waals surface area contributed by atoms with Crippen molar-refractivity contribution in [2.75, 3.05) is 95.1 Å². The van der Waals surface area contributed by atoms with Gasteiger partial charge in [-0.2, -0.15) is 0 Å². The first-order valence-electron chi connectivity index (χ1n) is 21.7. The van der Waals surface area contributed by atoms with Gasteiger partial charge in [-0.1, -0.05) is 39.8 Å². The van der Waals surface area contributed by atoms with Crippen LogP contribution in [0.4, 0.5) is 0 Å². The van der Waals surface area contributed by atoms with E-state index in [0.717, 1.165) is 24.5 Å². The molecule has 0 radical (unpaired) electrons. The third kappa shape index (κ3) is 18.9. The Kier molecular flexibility index (Phi) is 23.9. The first-order chi connectivity index (χ1) is 30.2. The number of nitrogens with zero attached hydrogens (tertiary/aromatic N) is 7. The van der Waals surface area contributed by atoms with Crippen LogP contribution in [0, 0.1) is 11.8 Å². The number of carbonyl (C=O) groups is 11. The highest BCUT2D eigenvalue weighted by Crippen LogP contribution is 2.18. The van der Waals surface area contributed by atoms with E-state index in [1.807, 2.05) is 39.8 Å². The highest BCUT2D eigenvalue weighted by molar-refractivity contribution is 5.97. The maximum absolute atomic E-state index is 14.0. The van der Waals surface area contributed by atoms with Gasteiger partial charge in [-0.3, -0.25) is 52.7 Å². The molecule has 1 saturated heterocycles. The minimum Gasteiger partial charge on any atom is -0.345 e. The van der Waals surface area contributed by atoms with Gasteiger partial charge in [0.2, 0.25) is 65.0 Å². The number of nitrogens with one attached hydrogen (secondary N) is 4. The summed E-state index contributed by atoms with van der Waals surface area (Å²) in [6, 6.07) is -4.36. The molecule has 0 saturated carbocycles. The van der Waals surface area contributed by atoms with Crippen LogP contribution in [0.3, 0.4) is 0 Å². The lowest BCUT2D eigenvalue weighted by atomic mass is 9.96.